The van der Waals surface area contributed by atoms with Gasteiger partial charge in [-0.05, 0) is 190 Å². The summed E-state index contributed by atoms with van der Waals surface area (Å²) in [5.41, 5.74) is 4.61. The molecular formula is C71H99N3O9. The summed E-state index contributed by atoms with van der Waals surface area (Å²) in [6.07, 6.45) is 21.3. The molecule has 6 saturated carbocycles. The minimum Gasteiger partial charge on any atom is -0.393 e. The van der Waals surface area contributed by atoms with Crippen LogP contribution in [0, 0.1) is 50.2 Å². The SMILES string of the molecule is CNCCC1(C)C(=O)CC2(CCC(O)C2)C2(C)C1CCC1(C)C2C(O)C2Cn3cc(C4C(=O)CCc5c4cc(C4CCCCC4)cc5C4(O)CCOC5(CCCCC5)C4)c4[nH]cc(c43)CCC(C)(CC(O)C3OC3(C)C)C3=C2C1(C)CC3=O. The molecule has 2 spiro atoms. The zero-order valence-electron chi connectivity index (χ0n) is 51.6. The van der Waals surface area contributed by atoms with Crippen LogP contribution in [0.2, 0.25) is 0 Å². The maximum Gasteiger partial charge on any atom is 0.160 e. The van der Waals surface area contributed by atoms with Gasteiger partial charge in [0.15, 0.2) is 5.78 Å². The second-order valence-electron chi connectivity index (χ2n) is 31.8. The number of rotatable bonds is 9. The predicted octanol–water partition coefficient (Wildman–Crippen LogP) is 11.7. The molecule has 0 bridgehead atoms. The summed E-state index contributed by atoms with van der Waals surface area (Å²) < 4.78 is 15.2. The standard InChI is InChI=1S/C71H99N3O9/c1-63(2)62(83-63)52(78)34-64(3)24-19-42-37-73-58-47(55-46-31-43(41-15-11-9-12-16-41)32-49(45(46)17-18-50(55)76)71(81)28-30-82-70(40-71)22-13-10-14-23-70)38-74(59(42)58)39-48-56-57(64)51(77)35-67(56,6)66(5)25-21-53-65(4,27-29-72-8)54(79)36-69(26-20-44(75)33-69)68(53,7)61(66)60(48)80/h31-32,37-38,41,44,48,52-53,55,60-62,72-73,75,78,80-81H,9-30,33-36,39-40H2,1-8H3. The van der Waals surface area contributed by atoms with Crippen molar-refractivity contribution in [1.29, 1.82) is 0 Å². The van der Waals surface area contributed by atoms with Gasteiger partial charge < -0.3 is 44.8 Å². The van der Waals surface area contributed by atoms with E-state index in [0.29, 0.717) is 103 Å². The maximum absolute atomic E-state index is 15.9. The van der Waals surface area contributed by atoms with Crippen molar-refractivity contribution in [1.82, 2.24) is 14.9 Å². The second-order valence-corrected chi connectivity index (χ2v) is 31.8. The number of hydrogen-bond donors (Lipinski definition) is 6. The van der Waals surface area contributed by atoms with E-state index in [1.807, 2.05) is 20.9 Å². The number of aromatic amines is 1. The Morgan fingerprint density at radius 2 is 1.59 bits per heavy atom. The van der Waals surface area contributed by atoms with Crippen LogP contribution < -0.4 is 5.32 Å². The first-order chi connectivity index (χ1) is 39.4. The maximum atomic E-state index is 15.9. The van der Waals surface area contributed by atoms with Gasteiger partial charge in [0.05, 0.1) is 58.7 Å². The van der Waals surface area contributed by atoms with Gasteiger partial charge in [-0.3, -0.25) is 14.4 Å². The summed E-state index contributed by atoms with van der Waals surface area (Å²) in [4.78, 5) is 50.2. The van der Waals surface area contributed by atoms with Gasteiger partial charge in [-0.25, -0.2) is 0 Å². The van der Waals surface area contributed by atoms with E-state index in [2.05, 4.69) is 74.0 Å². The first-order valence-corrected chi connectivity index (χ1v) is 33.3. The Bertz CT molecular complexity index is 3170. The van der Waals surface area contributed by atoms with E-state index >= 15 is 14.4 Å². The van der Waals surface area contributed by atoms with Crippen LogP contribution in [-0.2, 0) is 48.8 Å². The number of allylic oxidation sites excluding steroid dienone is 1. The van der Waals surface area contributed by atoms with Crippen molar-refractivity contribution in [2.45, 2.75) is 269 Å². The molecule has 1 aromatic carbocycles. The van der Waals surface area contributed by atoms with Crippen molar-refractivity contribution < 1.29 is 44.3 Å². The van der Waals surface area contributed by atoms with Crippen LogP contribution in [-0.4, -0.2) is 103 Å². The van der Waals surface area contributed by atoms with E-state index in [4.69, 9.17) is 9.47 Å². The van der Waals surface area contributed by atoms with Crippen LogP contribution in [0.15, 0.2) is 35.7 Å². The van der Waals surface area contributed by atoms with Gasteiger partial charge in [-0.1, -0.05) is 85.3 Å². The molecule has 6 N–H and O–H groups in total. The number of carbonyl (C=O) groups is 3. The lowest BCUT2D eigenvalue weighted by molar-refractivity contribution is -0.262. The fourth-order valence-electron chi connectivity index (χ4n) is 22.8. The van der Waals surface area contributed by atoms with E-state index in [1.54, 1.807) is 0 Å². The zero-order chi connectivity index (χ0) is 58.2. The third kappa shape index (κ3) is 8.22. The van der Waals surface area contributed by atoms with Crippen molar-refractivity contribution >= 4 is 28.4 Å². The summed E-state index contributed by atoms with van der Waals surface area (Å²) in [5.74, 6) is -0.538. The number of aliphatic hydroxyl groups is 4. The number of aryl methyl sites for hydroxylation is 1. The van der Waals surface area contributed by atoms with Crippen molar-refractivity contribution in [2.24, 2.45) is 50.2 Å². The number of ether oxygens (including phenoxy) is 2. The smallest absolute Gasteiger partial charge is 0.160 e. The third-order valence-electron chi connectivity index (χ3n) is 27.1. The molecule has 8 aliphatic carbocycles. The Balaban J connectivity index is 0.956. The number of aromatic nitrogens is 2. The number of H-pyrrole nitrogens is 1. The van der Waals surface area contributed by atoms with Crippen molar-refractivity contribution in [2.75, 3.05) is 20.2 Å². The number of benzene rings is 1. The Hall–Kier alpha value is -3.49. The van der Waals surface area contributed by atoms with E-state index in [0.717, 1.165) is 108 Å². The number of ketones is 3. The summed E-state index contributed by atoms with van der Waals surface area (Å²) in [6.45, 7) is 17.2. The fourth-order valence-corrected chi connectivity index (χ4v) is 22.8. The van der Waals surface area contributed by atoms with Crippen molar-refractivity contribution in [3.63, 3.8) is 0 Å². The third-order valence-corrected chi connectivity index (χ3v) is 27.1. The molecule has 0 radical (unpaired) electrons. The number of nitrogens with one attached hydrogen (secondary N) is 2. The molecule has 12 nitrogen and oxygen atoms in total. The molecule has 3 aliphatic heterocycles. The molecule has 452 valence electrons. The van der Waals surface area contributed by atoms with Crippen LogP contribution in [0.3, 0.4) is 0 Å². The Kier molecular flexibility index (Phi) is 13.5. The van der Waals surface area contributed by atoms with Crippen LogP contribution in [0.25, 0.3) is 11.0 Å². The minimum absolute atomic E-state index is 0.0514. The number of carbonyl (C=O) groups excluding carboxylic acids is 3. The molecule has 11 aliphatic rings. The quantitative estimate of drug-likeness (QED) is 0.113. The minimum atomic E-state index is -1.07. The number of nitrogens with zero attached hydrogens (tertiary/aromatic N) is 1. The zero-order valence-corrected chi connectivity index (χ0v) is 51.6. The van der Waals surface area contributed by atoms with E-state index in [9.17, 15) is 20.4 Å². The number of Topliss-reactive ketones (excluding diaryl/α,β-unsaturated/α-hetero) is 3. The number of fused-ring (bicyclic) bond motifs is 6. The number of aliphatic hydroxyl groups excluding tert-OH is 3. The highest BCUT2D eigenvalue weighted by Crippen LogP contribution is 2.80. The summed E-state index contributed by atoms with van der Waals surface area (Å²) in [6, 6.07) is 4.75. The van der Waals surface area contributed by atoms with Gasteiger partial charge in [-0.2, -0.15) is 0 Å². The van der Waals surface area contributed by atoms with Gasteiger partial charge >= 0.3 is 0 Å². The lowest BCUT2D eigenvalue weighted by atomic mass is 9.30. The highest BCUT2D eigenvalue weighted by atomic mass is 16.6. The van der Waals surface area contributed by atoms with E-state index < -0.39 is 73.8 Å². The Morgan fingerprint density at radius 3 is 2.30 bits per heavy atom. The van der Waals surface area contributed by atoms with Crippen LogP contribution in [0.5, 0.6) is 0 Å². The largest absolute Gasteiger partial charge is 0.393 e. The van der Waals surface area contributed by atoms with Gasteiger partial charge in [0.1, 0.15) is 17.7 Å². The van der Waals surface area contributed by atoms with E-state index in [1.165, 1.54) is 31.2 Å². The first-order valence-electron chi connectivity index (χ1n) is 33.3. The highest BCUT2D eigenvalue weighted by molar-refractivity contribution is 6.02. The molecule has 15 unspecified atom stereocenters. The topological polar surface area (TPSA) is 187 Å². The van der Waals surface area contributed by atoms with Crippen LogP contribution in [0.4, 0.5) is 0 Å². The first kappa shape index (κ1) is 57.3. The number of hydrogen-bond acceptors (Lipinski definition) is 10. The molecule has 5 heterocycles. The van der Waals surface area contributed by atoms with Gasteiger partial charge in [-0.15, -0.1) is 0 Å². The fraction of sp³-hybridized carbons (Fsp3) is 0.761. The number of epoxide rings is 1. The lowest BCUT2D eigenvalue weighted by Gasteiger charge is -2.74. The molecule has 3 aromatic rings. The molecule has 2 saturated heterocycles. The molecule has 15 atom stereocenters. The average Bonchev–Trinajstić information content (AvgIpc) is 1.70. The van der Waals surface area contributed by atoms with Gasteiger partial charge in [0, 0.05) is 78.9 Å². The molecular weight excluding hydrogens is 1040 g/mol. The summed E-state index contributed by atoms with van der Waals surface area (Å²) in [7, 11) is 1.96. The normalized spacial score (nSPS) is 42.4. The van der Waals surface area contributed by atoms with E-state index in [-0.39, 0.29) is 40.9 Å². The summed E-state index contributed by atoms with van der Waals surface area (Å²) >= 11 is 0. The Labute approximate surface area is 493 Å². The predicted molar refractivity (Wildman–Crippen MR) is 320 cm³/mol. The molecule has 2 aromatic heterocycles. The van der Waals surface area contributed by atoms with Crippen molar-refractivity contribution in [3.8, 4) is 0 Å². The second kappa shape index (κ2) is 19.5. The Morgan fingerprint density at radius 1 is 0.843 bits per heavy atom. The molecule has 83 heavy (non-hydrogen) atoms. The molecule has 12 heteroatoms. The van der Waals surface area contributed by atoms with Gasteiger partial charge in [0.25, 0.3) is 0 Å². The molecule has 8 fully saturated rings. The molecule has 0 amide bonds. The van der Waals surface area contributed by atoms with Crippen LogP contribution >= 0.6 is 0 Å². The van der Waals surface area contributed by atoms with Crippen molar-refractivity contribution in [3.05, 3.63) is 69.1 Å². The van der Waals surface area contributed by atoms with Gasteiger partial charge in [0.2, 0.25) is 0 Å². The molecule has 14 rings (SSSR count). The lowest BCUT2D eigenvalue weighted by Crippen LogP contribution is -2.72. The average molecular weight is 1140 g/mol. The summed E-state index contributed by atoms with van der Waals surface area (Å²) in [5, 5.41) is 55.2. The van der Waals surface area contributed by atoms with Crippen LogP contribution in [0.1, 0.15) is 241 Å². The monoisotopic (exact) mass is 1140 g/mol. The highest BCUT2D eigenvalue weighted by Gasteiger charge is 2.78.